The van der Waals surface area contributed by atoms with E-state index in [1.807, 2.05) is 48.5 Å². The normalized spacial score (nSPS) is 12.3. The Hall–Kier alpha value is -2.95. The number of aromatic nitrogens is 2. The summed E-state index contributed by atoms with van der Waals surface area (Å²) in [6.45, 7) is 4.61. The first-order chi connectivity index (χ1) is 12.6. The molecule has 0 fully saturated rings. The number of nitrogens with one attached hydrogen (secondary N) is 1. The van der Waals surface area contributed by atoms with Crippen LogP contribution < -0.4 is 10.7 Å². The van der Waals surface area contributed by atoms with Crippen molar-refractivity contribution in [2.24, 2.45) is 5.92 Å². The number of carbonyl (C=O) groups excluding carboxylic acids is 1. The Kier molecular flexibility index (Phi) is 5.46. The second-order valence-corrected chi connectivity index (χ2v) is 6.70. The zero-order valence-electron chi connectivity index (χ0n) is 15.1. The molecule has 1 amide bonds. The molecule has 1 atom stereocenters. The van der Waals surface area contributed by atoms with Crippen molar-refractivity contribution in [1.29, 1.82) is 0 Å². The average molecular weight is 349 g/mol. The van der Waals surface area contributed by atoms with Crippen molar-refractivity contribution in [3.63, 3.8) is 0 Å². The molecule has 0 aliphatic carbocycles. The maximum absolute atomic E-state index is 12.5. The second kappa shape index (κ2) is 7.95. The van der Waals surface area contributed by atoms with Crippen LogP contribution in [0, 0.1) is 5.92 Å². The number of nitrogens with zero attached hydrogens (tertiary/aromatic N) is 2. The quantitative estimate of drug-likeness (QED) is 0.743. The number of para-hydroxylation sites is 1. The van der Waals surface area contributed by atoms with Gasteiger partial charge in [-0.2, -0.15) is 5.10 Å². The smallest absolute Gasteiger partial charge is 0.222 e. The van der Waals surface area contributed by atoms with Crippen LogP contribution in [0.15, 0.2) is 65.6 Å². The Morgan fingerprint density at radius 3 is 2.50 bits per heavy atom. The molecule has 1 heterocycles. The SMILES string of the molecule is CC(C)[C@@H](NC(=O)CCn1ncc(=O)c2ccccc21)c1ccccc1. The van der Waals surface area contributed by atoms with Crippen molar-refractivity contribution in [3.8, 4) is 0 Å². The highest BCUT2D eigenvalue weighted by Crippen LogP contribution is 2.21. The monoisotopic (exact) mass is 349 g/mol. The number of carbonyl (C=O) groups is 1. The minimum atomic E-state index is -0.106. The van der Waals surface area contributed by atoms with Gasteiger partial charge >= 0.3 is 0 Å². The van der Waals surface area contributed by atoms with E-state index in [1.165, 1.54) is 6.20 Å². The highest BCUT2D eigenvalue weighted by atomic mass is 16.1. The molecule has 0 spiro atoms. The van der Waals surface area contributed by atoms with Crippen LogP contribution >= 0.6 is 0 Å². The molecule has 0 saturated carbocycles. The molecule has 3 aromatic rings. The average Bonchev–Trinajstić information content (AvgIpc) is 2.66. The summed E-state index contributed by atoms with van der Waals surface area (Å²) >= 11 is 0. The fraction of sp³-hybridized carbons (Fsp3) is 0.286. The Morgan fingerprint density at radius 1 is 1.08 bits per heavy atom. The minimum absolute atomic E-state index is 0.0255. The van der Waals surface area contributed by atoms with Gasteiger partial charge in [-0.1, -0.05) is 56.3 Å². The summed E-state index contributed by atoms with van der Waals surface area (Å²) in [6, 6.07) is 17.3. The van der Waals surface area contributed by atoms with Crippen LogP contribution in [-0.4, -0.2) is 15.7 Å². The number of benzene rings is 2. The van der Waals surface area contributed by atoms with E-state index in [1.54, 1.807) is 10.7 Å². The molecule has 0 radical (unpaired) electrons. The molecule has 26 heavy (non-hydrogen) atoms. The van der Waals surface area contributed by atoms with Crippen molar-refractivity contribution >= 4 is 16.8 Å². The molecule has 0 unspecified atom stereocenters. The Bertz CT molecular complexity index is 948. The van der Waals surface area contributed by atoms with E-state index in [0.717, 1.165) is 11.1 Å². The third-order valence-corrected chi connectivity index (χ3v) is 4.45. The molecule has 5 heteroatoms. The summed E-state index contributed by atoms with van der Waals surface area (Å²) in [7, 11) is 0. The molecule has 1 N–H and O–H groups in total. The van der Waals surface area contributed by atoms with Crippen molar-refractivity contribution in [1.82, 2.24) is 15.1 Å². The van der Waals surface area contributed by atoms with Gasteiger partial charge in [0.15, 0.2) is 0 Å². The first-order valence-corrected chi connectivity index (χ1v) is 8.85. The molecular weight excluding hydrogens is 326 g/mol. The van der Waals surface area contributed by atoms with Crippen LogP contribution in [0.1, 0.15) is 31.9 Å². The summed E-state index contributed by atoms with van der Waals surface area (Å²) in [6.07, 6.45) is 1.61. The number of hydrogen-bond donors (Lipinski definition) is 1. The standard InChI is InChI=1S/C21H23N3O2/c1-15(2)21(16-8-4-3-5-9-16)23-20(26)12-13-24-18-11-7-6-10-17(18)19(25)14-22-24/h3-11,14-15,21H,12-13H2,1-2H3,(H,23,26)/t21-/m1/s1. The van der Waals surface area contributed by atoms with E-state index in [2.05, 4.69) is 24.3 Å². The molecule has 3 rings (SSSR count). The van der Waals surface area contributed by atoms with E-state index >= 15 is 0 Å². The predicted octanol–water partition coefficient (Wildman–Crippen LogP) is 3.30. The van der Waals surface area contributed by atoms with Crippen LogP contribution in [0.25, 0.3) is 10.9 Å². The molecular formula is C21H23N3O2. The van der Waals surface area contributed by atoms with Crippen molar-refractivity contribution in [2.45, 2.75) is 32.9 Å². The van der Waals surface area contributed by atoms with E-state index in [-0.39, 0.29) is 23.3 Å². The third kappa shape index (κ3) is 3.99. The number of rotatable bonds is 6. The van der Waals surface area contributed by atoms with Crippen molar-refractivity contribution in [3.05, 3.63) is 76.6 Å². The van der Waals surface area contributed by atoms with Gasteiger partial charge in [-0.05, 0) is 23.6 Å². The number of aryl methyl sites for hydroxylation is 1. The topological polar surface area (TPSA) is 64.0 Å². The highest BCUT2D eigenvalue weighted by molar-refractivity contribution is 5.79. The Balaban J connectivity index is 1.71. The molecule has 0 aliphatic rings. The summed E-state index contributed by atoms with van der Waals surface area (Å²) in [4.78, 5) is 24.4. The highest BCUT2D eigenvalue weighted by Gasteiger charge is 2.18. The first kappa shape index (κ1) is 17.9. The summed E-state index contributed by atoms with van der Waals surface area (Å²) in [5.41, 5.74) is 1.74. The van der Waals surface area contributed by atoms with Gasteiger partial charge in [0.1, 0.15) is 0 Å². The first-order valence-electron chi connectivity index (χ1n) is 8.85. The zero-order valence-corrected chi connectivity index (χ0v) is 15.1. The van der Waals surface area contributed by atoms with Gasteiger partial charge in [-0.3, -0.25) is 14.3 Å². The van der Waals surface area contributed by atoms with Gasteiger partial charge in [0, 0.05) is 11.8 Å². The van der Waals surface area contributed by atoms with Gasteiger partial charge in [0.05, 0.1) is 24.3 Å². The van der Waals surface area contributed by atoms with Gasteiger partial charge in [0.25, 0.3) is 0 Å². The van der Waals surface area contributed by atoms with E-state index in [4.69, 9.17) is 0 Å². The number of fused-ring (bicyclic) bond motifs is 1. The van der Waals surface area contributed by atoms with E-state index in [9.17, 15) is 9.59 Å². The lowest BCUT2D eigenvalue weighted by Gasteiger charge is -2.23. The minimum Gasteiger partial charge on any atom is -0.349 e. The van der Waals surface area contributed by atoms with E-state index < -0.39 is 0 Å². The molecule has 0 bridgehead atoms. The predicted molar refractivity (Wildman–Crippen MR) is 103 cm³/mol. The van der Waals surface area contributed by atoms with Crippen LogP contribution in [0.2, 0.25) is 0 Å². The number of hydrogen-bond acceptors (Lipinski definition) is 3. The zero-order chi connectivity index (χ0) is 18.5. The Morgan fingerprint density at radius 2 is 1.77 bits per heavy atom. The molecule has 134 valence electrons. The summed E-state index contributed by atoms with van der Waals surface area (Å²) in [5.74, 6) is 0.254. The fourth-order valence-electron chi connectivity index (χ4n) is 3.09. The number of amides is 1. The van der Waals surface area contributed by atoms with Crippen LogP contribution in [0.4, 0.5) is 0 Å². The van der Waals surface area contributed by atoms with Gasteiger partial charge < -0.3 is 5.32 Å². The maximum atomic E-state index is 12.5. The van der Waals surface area contributed by atoms with Gasteiger partial charge in [0.2, 0.25) is 11.3 Å². The van der Waals surface area contributed by atoms with Crippen LogP contribution in [0.3, 0.4) is 0 Å². The van der Waals surface area contributed by atoms with Crippen molar-refractivity contribution < 1.29 is 4.79 Å². The second-order valence-electron chi connectivity index (χ2n) is 6.70. The molecule has 1 aromatic heterocycles. The summed E-state index contributed by atoms with van der Waals surface area (Å²) < 4.78 is 1.71. The largest absolute Gasteiger partial charge is 0.349 e. The lowest BCUT2D eigenvalue weighted by atomic mass is 9.96. The molecule has 2 aromatic carbocycles. The molecule has 0 aliphatic heterocycles. The van der Waals surface area contributed by atoms with Gasteiger partial charge in [-0.25, -0.2) is 0 Å². The fourth-order valence-corrected chi connectivity index (χ4v) is 3.09. The third-order valence-electron chi connectivity index (χ3n) is 4.45. The summed E-state index contributed by atoms with van der Waals surface area (Å²) in [5, 5.41) is 7.91. The molecule has 5 nitrogen and oxygen atoms in total. The molecule has 0 saturated heterocycles. The van der Waals surface area contributed by atoms with Crippen LogP contribution in [-0.2, 0) is 11.3 Å². The van der Waals surface area contributed by atoms with Gasteiger partial charge in [-0.15, -0.1) is 0 Å². The van der Waals surface area contributed by atoms with Crippen molar-refractivity contribution in [2.75, 3.05) is 0 Å². The van der Waals surface area contributed by atoms with E-state index in [0.29, 0.717) is 18.4 Å². The Labute approximate surface area is 152 Å². The lowest BCUT2D eigenvalue weighted by Crippen LogP contribution is -2.32. The maximum Gasteiger partial charge on any atom is 0.222 e. The van der Waals surface area contributed by atoms with Crippen LogP contribution in [0.5, 0.6) is 0 Å². The lowest BCUT2D eigenvalue weighted by molar-refractivity contribution is -0.122.